The van der Waals surface area contributed by atoms with E-state index in [0.717, 1.165) is 30.6 Å². The van der Waals surface area contributed by atoms with E-state index in [1.807, 2.05) is 12.1 Å². The summed E-state index contributed by atoms with van der Waals surface area (Å²) in [4.78, 5) is 27.4. The molecule has 1 amide bonds. The number of rotatable bonds is 3. The fourth-order valence-electron chi connectivity index (χ4n) is 3.78. The zero-order chi connectivity index (χ0) is 17.6. The van der Waals surface area contributed by atoms with E-state index in [9.17, 15) is 14.9 Å². The SMILES string of the molecule is O=C1[C@H]2CCCN2[C@H](c2ccc([N+](=O)[O-])cc2)N1c1cccc(Cl)c1. The summed E-state index contributed by atoms with van der Waals surface area (Å²) in [7, 11) is 0. The van der Waals surface area contributed by atoms with Crippen LogP contribution in [0.5, 0.6) is 0 Å². The Morgan fingerprint density at radius 2 is 1.92 bits per heavy atom. The van der Waals surface area contributed by atoms with Crippen molar-refractivity contribution in [3.05, 3.63) is 69.2 Å². The van der Waals surface area contributed by atoms with Crippen molar-refractivity contribution in [1.29, 1.82) is 0 Å². The number of hydrogen-bond donors (Lipinski definition) is 0. The molecule has 128 valence electrons. The highest BCUT2D eigenvalue weighted by Gasteiger charge is 2.49. The van der Waals surface area contributed by atoms with Gasteiger partial charge < -0.3 is 0 Å². The summed E-state index contributed by atoms with van der Waals surface area (Å²) in [6.45, 7) is 0.828. The van der Waals surface area contributed by atoms with Crippen molar-refractivity contribution in [1.82, 2.24) is 4.90 Å². The molecular weight excluding hydrogens is 342 g/mol. The van der Waals surface area contributed by atoms with Crippen LogP contribution in [0.25, 0.3) is 0 Å². The molecule has 4 rings (SSSR count). The number of nitro groups is 1. The quantitative estimate of drug-likeness (QED) is 0.619. The Kier molecular flexibility index (Phi) is 3.94. The number of nitrogens with zero attached hydrogens (tertiary/aromatic N) is 3. The predicted molar refractivity (Wildman–Crippen MR) is 94.5 cm³/mol. The molecule has 2 aliphatic rings. The molecule has 2 saturated heterocycles. The Labute approximate surface area is 149 Å². The van der Waals surface area contributed by atoms with Gasteiger partial charge in [-0.15, -0.1) is 0 Å². The predicted octanol–water partition coefficient (Wildman–Crippen LogP) is 3.76. The first-order chi connectivity index (χ1) is 12.1. The molecule has 0 spiro atoms. The Morgan fingerprint density at radius 3 is 2.60 bits per heavy atom. The van der Waals surface area contributed by atoms with E-state index >= 15 is 0 Å². The molecule has 0 saturated carbocycles. The number of anilines is 1. The largest absolute Gasteiger partial charge is 0.290 e. The maximum absolute atomic E-state index is 13.0. The second-order valence-corrected chi connectivity index (χ2v) is 6.74. The molecule has 0 unspecified atom stereocenters. The van der Waals surface area contributed by atoms with Crippen LogP contribution in [-0.2, 0) is 4.79 Å². The molecule has 2 aliphatic heterocycles. The Morgan fingerprint density at radius 1 is 1.16 bits per heavy atom. The van der Waals surface area contributed by atoms with E-state index < -0.39 is 4.92 Å². The van der Waals surface area contributed by atoms with Crippen molar-refractivity contribution in [2.45, 2.75) is 25.0 Å². The van der Waals surface area contributed by atoms with Crippen LogP contribution in [0.15, 0.2) is 48.5 Å². The first-order valence-electron chi connectivity index (χ1n) is 8.15. The van der Waals surface area contributed by atoms with Crippen molar-refractivity contribution in [3.8, 4) is 0 Å². The summed E-state index contributed by atoms with van der Waals surface area (Å²) in [6, 6.07) is 13.5. The number of hydrogen-bond acceptors (Lipinski definition) is 4. The third-order valence-electron chi connectivity index (χ3n) is 4.86. The molecule has 2 atom stereocenters. The van der Waals surface area contributed by atoms with Gasteiger partial charge in [0.05, 0.1) is 11.0 Å². The van der Waals surface area contributed by atoms with Crippen LogP contribution >= 0.6 is 11.6 Å². The zero-order valence-corrected chi connectivity index (χ0v) is 14.1. The minimum atomic E-state index is -0.420. The van der Waals surface area contributed by atoms with Gasteiger partial charge in [0.15, 0.2) is 0 Å². The first kappa shape index (κ1) is 16.1. The molecule has 2 fully saturated rings. The summed E-state index contributed by atoms with van der Waals surface area (Å²) in [6.07, 6.45) is 1.54. The van der Waals surface area contributed by atoms with Gasteiger partial charge in [0.2, 0.25) is 5.91 Å². The molecule has 2 aromatic carbocycles. The minimum absolute atomic E-state index is 0.0420. The lowest BCUT2D eigenvalue weighted by Crippen LogP contribution is -2.32. The fourth-order valence-corrected chi connectivity index (χ4v) is 3.96. The van der Waals surface area contributed by atoms with E-state index in [4.69, 9.17) is 11.6 Å². The fraction of sp³-hybridized carbons (Fsp3) is 0.278. The molecule has 0 radical (unpaired) electrons. The van der Waals surface area contributed by atoms with Gasteiger partial charge in [0, 0.05) is 29.4 Å². The maximum Gasteiger partial charge on any atom is 0.269 e. The standard InChI is InChI=1S/C18H16ClN3O3/c19-13-3-1-4-15(11-13)21-17(20-10-2-5-16(20)18(21)23)12-6-8-14(9-7-12)22(24)25/h1,3-4,6-9,11,16-17H,2,5,10H2/t16-,17+/m1/s1. The van der Waals surface area contributed by atoms with Crippen LogP contribution < -0.4 is 4.90 Å². The molecule has 2 aromatic rings. The van der Waals surface area contributed by atoms with Gasteiger partial charge >= 0.3 is 0 Å². The highest BCUT2D eigenvalue weighted by atomic mass is 35.5. The Hall–Kier alpha value is -2.44. The number of fused-ring (bicyclic) bond motifs is 1. The topological polar surface area (TPSA) is 66.7 Å². The van der Waals surface area contributed by atoms with Crippen LogP contribution in [0.4, 0.5) is 11.4 Å². The van der Waals surface area contributed by atoms with Gasteiger partial charge in [-0.3, -0.25) is 24.7 Å². The van der Waals surface area contributed by atoms with Gasteiger partial charge in [0.25, 0.3) is 5.69 Å². The van der Waals surface area contributed by atoms with Gasteiger partial charge in [-0.05, 0) is 48.7 Å². The second kappa shape index (κ2) is 6.13. The summed E-state index contributed by atoms with van der Waals surface area (Å²) < 4.78 is 0. The third-order valence-corrected chi connectivity index (χ3v) is 5.10. The molecule has 7 heteroatoms. The monoisotopic (exact) mass is 357 g/mol. The molecule has 2 heterocycles. The van der Waals surface area contributed by atoms with E-state index in [1.165, 1.54) is 12.1 Å². The summed E-state index contributed by atoms with van der Waals surface area (Å²) in [5.41, 5.74) is 1.65. The Balaban J connectivity index is 1.78. The average molecular weight is 358 g/mol. The smallest absolute Gasteiger partial charge is 0.269 e. The van der Waals surface area contributed by atoms with Gasteiger partial charge in [0.1, 0.15) is 6.17 Å². The highest BCUT2D eigenvalue weighted by Crippen LogP contribution is 2.43. The number of amides is 1. The Bertz CT molecular complexity index is 840. The number of nitro benzene ring substituents is 1. The van der Waals surface area contributed by atoms with Crippen molar-refractivity contribution < 1.29 is 9.72 Å². The molecule has 0 N–H and O–H groups in total. The minimum Gasteiger partial charge on any atom is -0.290 e. The molecule has 0 aliphatic carbocycles. The van der Waals surface area contributed by atoms with Gasteiger partial charge in [-0.2, -0.15) is 0 Å². The molecule has 0 bridgehead atoms. The van der Waals surface area contributed by atoms with Crippen LogP contribution in [0, 0.1) is 10.1 Å². The summed E-state index contributed by atoms with van der Waals surface area (Å²) in [5, 5.41) is 11.5. The van der Waals surface area contributed by atoms with Crippen molar-refractivity contribution in [3.63, 3.8) is 0 Å². The lowest BCUT2D eigenvalue weighted by Gasteiger charge is -2.29. The summed E-state index contributed by atoms with van der Waals surface area (Å²) in [5.74, 6) is 0.0584. The first-order valence-corrected chi connectivity index (χ1v) is 8.53. The van der Waals surface area contributed by atoms with Crippen molar-refractivity contribution in [2.75, 3.05) is 11.4 Å². The van der Waals surface area contributed by atoms with Crippen LogP contribution in [0.1, 0.15) is 24.6 Å². The van der Waals surface area contributed by atoms with Gasteiger partial charge in [-0.1, -0.05) is 17.7 Å². The third kappa shape index (κ3) is 2.67. The summed E-state index contributed by atoms with van der Waals surface area (Å²) >= 11 is 6.11. The van der Waals surface area contributed by atoms with E-state index in [-0.39, 0.29) is 23.8 Å². The average Bonchev–Trinajstić information content (AvgIpc) is 3.17. The number of benzene rings is 2. The highest BCUT2D eigenvalue weighted by molar-refractivity contribution is 6.31. The van der Waals surface area contributed by atoms with E-state index in [2.05, 4.69) is 4.90 Å². The number of carbonyl (C=O) groups excluding carboxylic acids is 1. The van der Waals surface area contributed by atoms with Crippen LogP contribution in [0.2, 0.25) is 5.02 Å². The van der Waals surface area contributed by atoms with Crippen LogP contribution in [0.3, 0.4) is 0 Å². The second-order valence-electron chi connectivity index (χ2n) is 6.31. The normalized spacial score (nSPS) is 23.1. The molecule has 25 heavy (non-hydrogen) atoms. The number of halogens is 1. The van der Waals surface area contributed by atoms with E-state index in [0.29, 0.717) is 5.02 Å². The molecule has 6 nitrogen and oxygen atoms in total. The number of carbonyl (C=O) groups is 1. The van der Waals surface area contributed by atoms with Crippen LogP contribution in [-0.4, -0.2) is 28.3 Å². The molecule has 0 aromatic heterocycles. The van der Waals surface area contributed by atoms with Gasteiger partial charge in [-0.25, -0.2) is 0 Å². The van der Waals surface area contributed by atoms with Crippen molar-refractivity contribution >= 4 is 28.9 Å². The van der Waals surface area contributed by atoms with Crippen molar-refractivity contribution in [2.24, 2.45) is 0 Å². The maximum atomic E-state index is 13.0. The molecular formula is C18H16ClN3O3. The lowest BCUT2D eigenvalue weighted by atomic mass is 10.1. The van der Waals surface area contributed by atoms with E-state index in [1.54, 1.807) is 29.2 Å². The lowest BCUT2D eigenvalue weighted by molar-refractivity contribution is -0.384. The number of non-ortho nitro benzene ring substituents is 1. The zero-order valence-electron chi connectivity index (χ0n) is 13.3.